The van der Waals surface area contributed by atoms with Crippen LogP contribution in [-0.2, 0) is 5.54 Å². The lowest BCUT2D eigenvalue weighted by atomic mass is 9.73. The van der Waals surface area contributed by atoms with Crippen molar-refractivity contribution >= 4 is 22.5 Å². The Morgan fingerprint density at radius 1 is 0.969 bits per heavy atom. The molecule has 0 radical (unpaired) electrons. The summed E-state index contributed by atoms with van der Waals surface area (Å²) in [6.07, 6.45) is 5.06. The predicted octanol–water partition coefficient (Wildman–Crippen LogP) is 5.25. The second-order valence-corrected chi connectivity index (χ2v) is 9.25. The van der Waals surface area contributed by atoms with Crippen molar-refractivity contribution in [2.75, 3.05) is 0 Å². The monoisotopic (exact) mass is 438 g/mol. The fourth-order valence-corrected chi connectivity index (χ4v) is 5.01. The van der Waals surface area contributed by atoms with Gasteiger partial charge in [-0.05, 0) is 43.9 Å². The smallest absolute Gasteiger partial charge is 0.176 e. The van der Waals surface area contributed by atoms with E-state index in [1.807, 2.05) is 42.6 Å². The SMILES string of the molecule is Cc1csc(-c2nc3cnc(-c4ccccc4)nc3n2-c2ccc(C3(N)CCC3)cc2)n1. The molecule has 1 fully saturated rings. The van der Waals surface area contributed by atoms with Crippen LogP contribution in [0.1, 0.15) is 30.5 Å². The van der Waals surface area contributed by atoms with E-state index in [1.165, 1.54) is 12.0 Å². The van der Waals surface area contributed by atoms with Gasteiger partial charge in [0.25, 0.3) is 0 Å². The second-order valence-electron chi connectivity index (χ2n) is 8.39. The number of hydrogen-bond donors (Lipinski definition) is 1. The fraction of sp³-hybridized carbons (Fsp3) is 0.200. The van der Waals surface area contributed by atoms with Gasteiger partial charge in [-0.1, -0.05) is 42.5 Å². The summed E-state index contributed by atoms with van der Waals surface area (Å²) in [6.45, 7) is 1.99. The van der Waals surface area contributed by atoms with Gasteiger partial charge >= 0.3 is 0 Å². The molecule has 0 atom stereocenters. The average molecular weight is 439 g/mol. The maximum Gasteiger partial charge on any atom is 0.176 e. The van der Waals surface area contributed by atoms with Crippen molar-refractivity contribution in [1.29, 1.82) is 0 Å². The van der Waals surface area contributed by atoms with Gasteiger partial charge in [0.05, 0.1) is 6.20 Å². The molecule has 0 bridgehead atoms. The van der Waals surface area contributed by atoms with E-state index < -0.39 is 0 Å². The Bertz CT molecular complexity index is 1410. The molecule has 3 aromatic heterocycles. The summed E-state index contributed by atoms with van der Waals surface area (Å²) in [4.78, 5) is 19.0. The van der Waals surface area contributed by atoms with Crippen LogP contribution < -0.4 is 5.73 Å². The third-order valence-corrected chi connectivity index (χ3v) is 7.14. The number of aromatic nitrogens is 5. The first-order chi connectivity index (χ1) is 15.6. The summed E-state index contributed by atoms with van der Waals surface area (Å²) in [5.74, 6) is 1.45. The molecule has 2 N–H and O–H groups in total. The largest absolute Gasteiger partial charge is 0.321 e. The highest BCUT2D eigenvalue weighted by atomic mass is 32.1. The van der Waals surface area contributed by atoms with Crippen molar-refractivity contribution in [3.8, 4) is 27.9 Å². The molecule has 5 aromatic rings. The Kier molecular flexibility index (Phi) is 4.41. The lowest BCUT2D eigenvalue weighted by Crippen LogP contribution is -2.43. The minimum Gasteiger partial charge on any atom is -0.321 e. The number of hydrogen-bond acceptors (Lipinski definition) is 6. The Morgan fingerprint density at radius 2 is 1.75 bits per heavy atom. The summed E-state index contributed by atoms with van der Waals surface area (Å²) in [7, 11) is 0. The Hall–Kier alpha value is -3.42. The number of imidazole rings is 1. The number of nitrogens with two attached hydrogens (primary N) is 1. The van der Waals surface area contributed by atoms with Gasteiger partial charge in [-0.15, -0.1) is 11.3 Å². The van der Waals surface area contributed by atoms with E-state index in [9.17, 15) is 0 Å². The van der Waals surface area contributed by atoms with Crippen LogP contribution in [0.15, 0.2) is 66.2 Å². The molecule has 1 saturated carbocycles. The second kappa shape index (κ2) is 7.32. The molecule has 1 aliphatic rings. The van der Waals surface area contributed by atoms with Crippen LogP contribution in [0.25, 0.3) is 39.1 Å². The number of rotatable bonds is 4. The fourth-order valence-electron chi connectivity index (χ4n) is 4.23. The molecule has 3 heterocycles. The van der Waals surface area contributed by atoms with Crippen molar-refractivity contribution in [1.82, 2.24) is 24.5 Å². The van der Waals surface area contributed by atoms with Crippen LogP contribution in [-0.4, -0.2) is 24.5 Å². The molecule has 0 aliphatic heterocycles. The number of fused-ring (bicyclic) bond motifs is 1. The predicted molar refractivity (Wildman–Crippen MR) is 128 cm³/mol. The van der Waals surface area contributed by atoms with E-state index in [1.54, 1.807) is 17.5 Å². The molecular formula is C25H22N6S. The molecule has 6 nitrogen and oxygen atoms in total. The Morgan fingerprint density at radius 3 is 2.41 bits per heavy atom. The molecule has 1 aliphatic carbocycles. The zero-order chi connectivity index (χ0) is 21.7. The molecule has 0 amide bonds. The first-order valence-corrected chi connectivity index (χ1v) is 11.6. The number of thiazole rings is 1. The highest BCUT2D eigenvalue weighted by Crippen LogP contribution is 2.39. The third kappa shape index (κ3) is 3.13. The van der Waals surface area contributed by atoms with Gasteiger partial charge in [0, 0.05) is 27.9 Å². The third-order valence-electron chi connectivity index (χ3n) is 6.19. The van der Waals surface area contributed by atoms with Crippen molar-refractivity contribution < 1.29 is 0 Å². The van der Waals surface area contributed by atoms with E-state index in [-0.39, 0.29) is 5.54 Å². The summed E-state index contributed by atoms with van der Waals surface area (Å²) in [6, 6.07) is 18.5. The maximum atomic E-state index is 6.54. The van der Waals surface area contributed by atoms with E-state index in [4.69, 9.17) is 15.7 Å². The quantitative estimate of drug-likeness (QED) is 0.414. The Balaban J connectivity index is 1.55. The topological polar surface area (TPSA) is 82.5 Å². The van der Waals surface area contributed by atoms with Gasteiger partial charge in [0.15, 0.2) is 22.3 Å². The molecule has 158 valence electrons. The van der Waals surface area contributed by atoms with Gasteiger partial charge in [0.1, 0.15) is 5.52 Å². The van der Waals surface area contributed by atoms with Crippen molar-refractivity contribution in [3.05, 3.63) is 77.4 Å². The van der Waals surface area contributed by atoms with E-state index in [0.717, 1.165) is 51.8 Å². The normalized spacial score (nSPS) is 15.1. The van der Waals surface area contributed by atoms with E-state index >= 15 is 0 Å². The molecule has 32 heavy (non-hydrogen) atoms. The van der Waals surface area contributed by atoms with Crippen molar-refractivity contribution in [3.63, 3.8) is 0 Å². The molecule has 0 unspecified atom stereocenters. The molecule has 7 heteroatoms. The van der Waals surface area contributed by atoms with Gasteiger partial charge in [0.2, 0.25) is 0 Å². The van der Waals surface area contributed by atoms with Crippen molar-refractivity contribution in [2.24, 2.45) is 5.73 Å². The van der Waals surface area contributed by atoms with E-state index in [2.05, 4.69) is 38.8 Å². The maximum absolute atomic E-state index is 6.54. The zero-order valence-corrected chi connectivity index (χ0v) is 18.5. The number of aryl methyl sites for hydroxylation is 1. The molecule has 6 rings (SSSR count). The number of benzene rings is 2. The van der Waals surface area contributed by atoms with Crippen LogP contribution in [0, 0.1) is 6.92 Å². The zero-order valence-electron chi connectivity index (χ0n) is 17.7. The Labute approximate surface area is 189 Å². The molecular weight excluding hydrogens is 416 g/mol. The summed E-state index contributed by atoms with van der Waals surface area (Å²) in [5, 5.41) is 2.90. The van der Waals surface area contributed by atoms with E-state index in [0.29, 0.717) is 5.82 Å². The van der Waals surface area contributed by atoms with Crippen LogP contribution in [0.3, 0.4) is 0 Å². The lowest BCUT2D eigenvalue weighted by molar-refractivity contribution is 0.253. The summed E-state index contributed by atoms with van der Waals surface area (Å²) in [5.41, 5.74) is 12.0. The van der Waals surface area contributed by atoms with Crippen molar-refractivity contribution in [2.45, 2.75) is 31.7 Å². The molecule has 0 saturated heterocycles. The average Bonchev–Trinajstić information content (AvgIpc) is 3.41. The molecule has 2 aromatic carbocycles. The van der Waals surface area contributed by atoms with Gasteiger partial charge in [-0.3, -0.25) is 4.57 Å². The summed E-state index contributed by atoms with van der Waals surface area (Å²) < 4.78 is 2.08. The minimum atomic E-state index is -0.187. The van der Waals surface area contributed by atoms with Crippen LogP contribution in [0.5, 0.6) is 0 Å². The first-order valence-electron chi connectivity index (χ1n) is 10.7. The standard InChI is InChI=1S/C25H22N6S/c1-16-15-32-24(28-16)23-29-20-14-27-21(17-6-3-2-4-7-17)30-22(20)31(23)19-10-8-18(9-11-19)25(26)12-5-13-25/h2-4,6-11,14-15H,5,12-13,26H2,1H3. The summed E-state index contributed by atoms with van der Waals surface area (Å²) >= 11 is 1.58. The number of nitrogens with zero attached hydrogens (tertiary/aromatic N) is 5. The van der Waals surface area contributed by atoms with Gasteiger partial charge in [-0.25, -0.2) is 19.9 Å². The minimum absolute atomic E-state index is 0.187. The first kappa shape index (κ1) is 19.3. The highest BCUT2D eigenvalue weighted by Gasteiger charge is 2.34. The van der Waals surface area contributed by atoms with Gasteiger partial charge in [-0.2, -0.15) is 0 Å². The van der Waals surface area contributed by atoms with Gasteiger partial charge < -0.3 is 5.73 Å². The van der Waals surface area contributed by atoms with Crippen LogP contribution in [0.2, 0.25) is 0 Å². The molecule has 0 spiro atoms. The highest BCUT2D eigenvalue weighted by molar-refractivity contribution is 7.13. The lowest BCUT2D eigenvalue weighted by Gasteiger charge is -2.38. The van der Waals surface area contributed by atoms with Crippen LogP contribution in [0.4, 0.5) is 0 Å². The van der Waals surface area contributed by atoms with Crippen LogP contribution >= 0.6 is 11.3 Å².